The first-order valence-corrected chi connectivity index (χ1v) is 8.34. The number of ketones is 1. The monoisotopic (exact) mass is 329 g/mol. The largest absolute Gasteiger partial charge is 0.377 e. The van der Waals surface area contributed by atoms with E-state index in [0.29, 0.717) is 37.1 Å². The van der Waals surface area contributed by atoms with Crippen LogP contribution in [0.1, 0.15) is 30.1 Å². The quantitative estimate of drug-likeness (QED) is 0.776. The summed E-state index contributed by atoms with van der Waals surface area (Å²) in [6, 6.07) is 9.94. The lowest BCUT2D eigenvalue weighted by molar-refractivity contribution is -0.124. The maximum atomic E-state index is 12.6. The lowest BCUT2D eigenvalue weighted by Gasteiger charge is -2.30. The summed E-state index contributed by atoms with van der Waals surface area (Å²) < 4.78 is 10.2. The van der Waals surface area contributed by atoms with Crippen LogP contribution in [0.25, 0.3) is 0 Å². The number of aromatic nitrogens is 2. The number of benzene rings is 1. The van der Waals surface area contributed by atoms with Crippen LogP contribution in [0.15, 0.2) is 34.9 Å². The van der Waals surface area contributed by atoms with Crippen molar-refractivity contribution in [3.63, 3.8) is 0 Å². The molecule has 2 heterocycles. The topological polar surface area (TPSA) is 68.5 Å². The van der Waals surface area contributed by atoms with Gasteiger partial charge in [0.15, 0.2) is 5.82 Å². The third-order valence-electron chi connectivity index (χ3n) is 4.32. The molecule has 1 aliphatic heterocycles. The van der Waals surface area contributed by atoms with Gasteiger partial charge in [0, 0.05) is 26.0 Å². The lowest BCUT2D eigenvalue weighted by Crippen LogP contribution is -2.38. The van der Waals surface area contributed by atoms with Crippen LogP contribution in [-0.2, 0) is 29.1 Å². The van der Waals surface area contributed by atoms with Gasteiger partial charge in [0.2, 0.25) is 5.89 Å². The number of nitrogens with zero attached hydrogens (tertiary/aromatic N) is 3. The Balaban J connectivity index is 1.54. The zero-order valence-corrected chi connectivity index (χ0v) is 14.0. The number of Topliss-reactive ketones (excluding diaryl/α,β-unsaturated/α-hetero) is 1. The molecule has 6 heteroatoms. The average molecular weight is 329 g/mol. The van der Waals surface area contributed by atoms with Crippen molar-refractivity contribution >= 4 is 5.78 Å². The molecule has 1 aliphatic rings. The van der Waals surface area contributed by atoms with E-state index in [0.717, 1.165) is 31.5 Å². The molecular weight excluding hydrogens is 306 g/mol. The van der Waals surface area contributed by atoms with Crippen molar-refractivity contribution in [2.45, 2.75) is 32.4 Å². The molecule has 0 saturated carbocycles. The van der Waals surface area contributed by atoms with Gasteiger partial charge in [0.25, 0.3) is 0 Å². The molecule has 3 rings (SSSR count). The van der Waals surface area contributed by atoms with E-state index in [-0.39, 0.29) is 5.92 Å². The van der Waals surface area contributed by atoms with Crippen LogP contribution in [0.2, 0.25) is 0 Å². The number of rotatable bonds is 7. The Kier molecular flexibility index (Phi) is 5.72. The van der Waals surface area contributed by atoms with Gasteiger partial charge in [0.1, 0.15) is 12.4 Å². The highest BCUT2D eigenvalue weighted by Crippen LogP contribution is 2.20. The molecule has 0 bridgehead atoms. The van der Waals surface area contributed by atoms with E-state index < -0.39 is 0 Å². The molecule has 0 N–H and O–H groups in total. The Morgan fingerprint density at radius 3 is 3.00 bits per heavy atom. The molecule has 24 heavy (non-hydrogen) atoms. The third-order valence-corrected chi connectivity index (χ3v) is 4.32. The van der Waals surface area contributed by atoms with E-state index >= 15 is 0 Å². The number of hydrogen-bond donors (Lipinski definition) is 0. The number of hydrogen-bond acceptors (Lipinski definition) is 6. The van der Waals surface area contributed by atoms with Crippen molar-refractivity contribution in [1.29, 1.82) is 0 Å². The van der Waals surface area contributed by atoms with Gasteiger partial charge in [-0.05, 0) is 24.9 Å². The summed E-state index contributed by atoms with van der Waals surface area (Å²) in [5.74, 6) is 1.54. The summed E-state index contributed by atoms with van der Waals surface area (Å²) in [6.07, 6.45) is 2.49. The predicted molar refractivity (Wildman–Crippen MR) is 88.2 cm³/mol. The van der Waals surface area contributed by atoms with Crippen molar-refractivity contribution in [2.75, 3.05) is 20.2 Å². The van der Waals surface area contributed by atoms with Crippen molar-refractivity contribution in [3.05, 3.63) is 47.6 Å². The second-order valence-corrected chi connectivity index (χ2v) is 6.24. The Labute approximate surface area is 141 Å². The molecule has 1 fully saturated rings. The highest BCUT2D eigenvalue weighted by molar-refractivity contribution is 5.83. The summed E-state index contributed by atoms with van der Waals surface area (Å²) in [4.78, 5) is 19.1. The van der Waals surface area contributed by atoms with Crippen molar-refractivity contribution in [1.82, 2.24) is 15.0 Å². The van der Waals surface area contributed by atoms with E-state index in [4.69, 9.17) is 9.26 Å². The van der Waals surface area contributed by atoms with Gasteiger partial charge in [-0.15, -0.1) is 0 Å². The molecule has 0 amide bonds. The number of likely N-dealkylation sites (tertiary alicyclic amines) is 1. The molecule has 0 spiro atoms. The zero-order valence-electron chi connectivity index (χ0n) is 14.0. The summed E-state index contributed by atoms with van der Waals surface area (Å²) in [5.41, 5.74) is 1.08. The maximum Gasteiger partial charge on any atom is 0.240 e. The van der Waals surface area contributed by atoms with E-state index in [9.17, 15) is 4.79 Å². The Hall–Kier alpha value is -2.05. The van der Waals surface area contributed by atoms with E-state index in [1.54, 1.807) is 7.11 Å². The molecule has 0 unspecified atom stereocenters. The maximum absolute atomic E-state index is 12.6. The molecule has 1 aromatic carbocycles. The summed E-state index contributed by atoms with van der Waals surface area (Å²) in [7, 11) is 1.60. The number of carbonyl (C=O) groups is 1. The molecule has 6 nitrogen and oxygen atoms in total. The Bertz CT molecular complexity index is 657. The van der Waals surface area contributed by atoms with Gasteiger partial charge < -0.3 is 9.26 Å². The number of ether oxygens (including phenoxy) is 1. The molecule has 1 atom stereocenters. The van der Waals surface area contributed by atoms with Crippen LogP contribution in [0.4, 0.5) is 0 Å². The standard InChI is InChI=1S/C18H23N3O3/c1-23-13-17-19-18(24-20-17)12-21-9-5-8-15(11-21)16(22)10-14-6-3-2-4-7-14/h2-4,6-7,15H,5,8-13H2,1H3/t15-/m0/s1. The highest BCUT2D eigenvalue weighted by atomic mass is 16.5. The average Bonchev–Trinajstić information content (AvgIpc) is 3.03. The van der Waals surface area contributed by atoms with Crippen LogP contribution < -0.4 is 0 Å². The summed E-state index contributed by atoms with van der Waals surface area (Å²) in [6.45, 7) is 2.65. The van der Waals surface area contributed by atoms with Gasteiger partial charge in [-0.25, -0.2) is 0 Å². The number of piperidine rings is 1. The van der Waals surface area contributed by atoms with Gasteiger partial charge in [-0.2, -0.15) is 4.98 Å². The molecule has 0 aliphatic carbocycles. The second-order valence-electron chi connectivity index (χ2n) is 6.24. The summed E-state index contributed by atoms with van der Waals surface area (Å²) >= 11 is 0. The lowest BCUT2D eigenvalue weighted by atomic mass is 9.90. The van der Waals surface area contributed by atoms with Crippen LogP contribution >= 0.6 is 0 Å². The molecule has 0 radical (unpaired) electrons. The fourth-order valence-electron chi connectivity index (χ4n) is 3.14. The summed E-state index contributed by atoms with van der Waals surface area (Å²) in [5, 5.41) is 3.88. The van der Waals surface area contributed by atoms with Crippen LogP contribution in [0.5, 0.6) is 0 Å². The Morgan fingerprint density at radius 1 is 1.38 bits per heavy atom. The minimum Gasteiger partial charge on any atom is -0.377 e. The van der Waals surface area contributed by atoms with Crippen molar-refractivity contribution < 1.29 is 14.1 Å². The normalized spacial score (nSPS) is 18.6. The second kappa shape index (κ2) is 8.17. The molecule has 128 valence electrons. The van der Waals surface area contributed by atoms with Crippen LogP contribution in [0, 0.1) is 5.92 Å². The predicted octanol–water partition coefficient (Wildman–Crippen LogP) is 2.24. The first-order chi connectivity index (χ1) is 11.7. The van der Waals surface area contributed by atoms with E-state index in [1.165, 1.54) is 0 Å². The van der Waals surface area contributed by atoms with Gasteiger partial charge in [-0.3, -0.25) is 9.69 Å². The fraction of sp³-hybridized carbons (Fsp3) is 0.500. The first-order valence-electron chi connectivity index (χ1n) is 8.34. The van der Waals surface area contributed by atoms with Crippen molar-refractivity contribution in [3.8, 4) is 0 Å². The third kappa shape index (κ3) is 4.49. The molecular formula is C18H23N3O3. The van der Waals surface area contributed by atoms with Crippen molar-refractivity contribution in [2.24, 2.45) is 5.92 Å². The highest BCUT2D eigenvalue weighted by Gasteiger charge is 2.26. The van der Waals surface area contributed by atoms with Crippen LogP contribution in [0.3, 0.4) is 0 Å². The fourth-order valence-corrected chi connectivity index (χ4v) is 3.14. The number of methoxy groups -OCH3 is 1. The number of carbonyl (C=O) groups excluding carboxylic acids is 1. The minimum absolute atomic E-state index is 0.0836. The van der Waals surface area contributed by atoms with Gasteiger partial charge in [-0.1, -0.05) is 35.5 Å². The minimum atomic E-state index is 0.0836. The van der Waals surface area contributed by atoms with Gasteiger partial charge >= 0.3 is 0 Å². The SMILES string of the molecule is COCc1noc(CN2CCC[C@H](C(=O)Cc3ccccc3)C2)n1. The van der Waals surface area contributed by atoms with E-state index in [1.807, 2.05) is 30.3 Å². The molecule has 2 aromatic rings. The first kappa shape index (κ1) is 16.8. The molecule has 1 saturated heterocycles. The smallest absolute Gasteiger partial charge is 0.240 e. The van der Waals surface area contributed by atoms with Gasteiger partial charge in [0.05, 0.1) is 6.54 Å². The zero-order chi connectivity index (χ0) is 16.8. The van der Waals surface area contributed by atoms with E-state index in [2.05, 4.69) is 15.0 Å². The van der Waals surface area contributed by atoms with Crippen LogP contribution in [-0.4, -0.2) is 41.0 Å². The molecule has 1 aromatic heterocycles. The Morgan fingerprint density at radius 2 is 2.21 bits per heavy atom.